The van der Waals surface area contributed by atoms with Crippen molar-refractivity contribution in [3.8, 4) is 41.2 Å². The van der Waals surface area contributed by atoms with Crippen molar-refractivity contribution in [2.45, 2.75) is 31.9 Å². The number of pyridine rings is 1. The molecular formula is C34H34F3N5O4. The Kier molecular flexibility index (Phi) is 7.98. The smallest absolute Gasteiger partial charge is 0.319 e. The first-order valence-corrected chi connectivity index (χ1v) is 15.5. The van der Waals surface area contributed by atoms with E-state index in [1.165, 1.54) is 31.4 Å². The molecule has 46 heavy (non-hydrogen) atoms. The van der Waals surface area contributed by atoms with E-state index in [-0.39, 0.29) is 56.2 Å². The summed E-state index contributed by atoms with van der Waals surface area (Å²) in [6.45, 7) is 4.25. The van der Waals surface area contributed by atoms with Crippen molar-refractivity contribution in [3.05, 3.63) is 41.5 Å². The van der Waals surface area contributed by atoms with Crippen molar-refractivity contribution in [1.82, 2.24) is 19.9 Å². The number of hydrogen-bond donors (Lipinski definition) is 1. The normalized spacial score (nSPS) is 19.7. The fourth-order valence-electron chi connectivity index (χ4n) is 6.58. The van der Waals surface area contributed by atoms with E-state index in [9.17, 15) is 13.9 Å². The second-order valence-corrected chi connectivity index (χ2v) is 12.4. The number of benzene rings is 2. The minimum Gasteiger partial charge on any atom is -0.508 e. The number of aromatic hydroxyl groups is 1. The summed E-state index contributed by atoms with van der Waals surface area (Å²) in [5, 5.41) is 11.5. The van der Waals surface area contributed by atoms with Crippen LogP contribution in [-0.4, -0.2) is 90.8 Å². The maximum Gasteiger partial charge on any atom is 0.319 e. The minimum atomic E-state index is -0.832. The van der Waals surface area contributed by atoms with Crippen LogP contribution in [0.5, 0.6) is 17.6 Å². The molecule has 2 aromatic heterocycles. The Bertz CT molecular complexity index is 1850. The van der Waals surface area contributed by atoms with Gasteiger partial charge >= 0.3 is 6.01 Å². The molecule has 12 heteroatoms. The van der Waals surface area contributed by atoms with E-state index < -0.39 is 17.8 Å². The molecular weight excluding hydrogens is 599 g/mol. The Morgan fingerprint density at radius 2 is 1.96 bits per heavy atom. The van der Waals surface area contributed by atoms with E-state index >= 15 is 4.39 Å². The number of phenols is 1. The van der Waals surface area contributed by atoms with Gasteiger partial charge in [0, 0.05) is 55.7 Å². The number of phenolic OH excluding ortho intramolecular Hbond substituents is 1. The highest BCUT2D eigenvalue weighted by Crippen LogP contribution is 2.47. The van der Waals surface area contributed by atoms with Crippen LogP contribution in [0.2, 0.25) is 0 Å². The molecule has 4 aromatic rings. The van der Waals surface area contributed by atoms with Crippen LogP contribution in [0.4, 0.5) is 19.0 Å². The predicted octanol–water partition coefficient (Wildman–Crippen LogP) is 5.25. The highest BCUT2D eigenvalue weighted by Gasteiger charge is 2.46. The Labute approximate surface area is 264 Å². The Morgan fingerprint density at radius 3 is 2.70 bits per heavy atom. The molecule has 1 N–H and O–H groups in total. The van der Waals surface area contributed by atoms with Gasteiger partial charge in [0.2, 0.25) is 5.88 Å². The van der Waals surface area contributed by atoms with Gasteiger partial charge in [0.15, 0.2) is 5.82 Å². The van der Waals surface area contributed by atoms with E-state index in [0.717, 1.165) is 19.3 Å². The molecule has 240 valence electrons. The lowest BCUT2D eigenvalue weighted by atomic mass is 9.95. The summed E-state index contributed by atoms with van der Waals surface area (Å²) >= 11 is 0. The first-order chi connectivity index (χ1) is 22.3. The van der Waals surface area contributed by atoms with Gasteiger partial charge in [-0.3, -0.25) is 4.90 Å². The SMILES string of the molecule is C#Cc1c(F)ccc2cc(O)cc(-c3nc(OC)c4c(N5CCCOCC5)nc(OCC5(CN6CCC(F)C6)CC5)nc4c3F)c12. The largest absolute Gasteiger partial charge is 0.508 e. The highest BCUT2D eigenvalue weighted by molar-refractivity contribution is 6.04. The number of alkyl halides is 1. The number of rotatable bonds is 8. The zero-order valence-electron chi connectivity index (χ0n) is 25.5. The summed E-state index contributed by atoms with van der Waals surface area (Å²) in [4.78, 5) is 17.9. The van der Waals surface area contributed by atoms with E-state index in [2.05, 4.69) is 20.8 Å². The van der Waals surface area contributed by atoms with Gasteiger partial charge in [0.05, 0.1) is 25.9 Å². The van der Waals surface area contributed by atoms with E-state index in [1.807, 2.05) is 4.90 Å². The average Bonchev–Trinajstić information content (AvgIpc) is 3.77. The molecule has 7 rings (SSSR count). The third-order valence-electron chi connectivity index (χ3n) is 9.12. The fourth-order valence-corrected chi connectivity index (χ4v) is 6.58. The summed E-state index contributed by atoms with van der Waals surface area (Å²) in [5.74, 6) is 1.12. The molecule has 3 fully saturated rings. The minimum absolute atomic E-state index is 0.0158. The van der Waals surface area contributed by atoms with Gasteiger partial charge in [-0.25, -0.2) is 18.2 Å². The van der Waals surface area contributed by atoms with E-state index in [1.54, 1.807) is 0 Å². The third-order valence-corrected chi connectivity index (χ3v) is 9.12. The molecule has 4 heterocycles. The van der Waals surface area contributed by atoms with Crippen molar-refractivity contribution >= 4 is 27.5 Å². The molecule has 0 spiro atoms. The van der Waals surface area contributed by atoms with Crippen LogP contribution < -0.4 is 14.4 Å². The van der Waals surface area contributed by atoms with Crippen molar-refractivity contribution in [2.24, 2.45) is 5.41 Å². The number of halogens is 3. The third kappa shape index (κ3) is 5.62. The summed E-state index contributed by atoms with van der Waals surface area (Å²) in [6.07, 6.45) is 8.00. The molecule has 1 aliphatic carbocycles. The number of anilines is 1. The Hall–Kier alpha value is -4.34. The number of methoxy groups -OCH3 is 1. The zero-order valence-corrected chi connectivity index (χ0v) is 25.5. The number of ether oxygens (including phenoxy) is 3. The van der Waals surface area contributed by atoms with Gasteiger partial charge in [-0.15, -0.1) is 6.42 Å². The fraction of sp³-hybridized carbons (Fsp3) is 0.441. The van der Waals surface area contributed by atoms with Crippen LogP contribution in [0.25, 0.3) is 32.9 Å². The van der Waals surface area contributed by atoms with Gasteiger partial charge in [-0.1, -0.05) is 12.0 Å². The van der Waals surface area contributed by atoms with E-state index in [4.69, 9.17) is 25.6 Å². The maximum atomic E-state index is 16.9. The second kappa shape index (κ2) is 12.1. The Balaban J connectivity index is 1.37. The van der Waals surface area contributed by atoms with E-state index in [0.29, 0.717) is 70.2 Å². The molecule has 2 saturated heterocycles. The quantitative estimate of drug-likeness (QED) is 0.261. The van der Waals surface area contributed by atoms with Crippen molar-refractivity contribution in [1.29, 1.82) is 0 Å². The zero-order chi connectivity index (χ0) is 32.0. The molecule has 1 atom stereocenters. The molecule has 0 radical (unpaired) electrons. The lowest BCUT2D eigenvalue weighted by Crippen LogP contribution is -2.32. The van der Waals surface area contributed by atoms with Gasteiger partial charge in [0.1, 0.15) is 40.2 Å². The standard InChI is InChI=1S/C34H34F3N5O4/c1-3-23-25(36)6-5-20-15-22(43)16-24(26(20)23)29-28(37)30-27(32(38-29)44-2)31(42-10-4-13-45-14-12-42)40-33(39-30)46-19-34(8-9-34)18-41-11-7-21(35)17-41/h1,5-6,15-16,21,43H,4,7-14,17-19H2,2H3. The number of terminal acetylenes is 1. The number of fused-ring (bicyclic) bond motifs is 2. The van der Waals surface area contributed by atoms with Crippen LogP contribution in [0.1, 0.15) is 31.2 Å². The van der Waals surface area contributed by atoms with Crippen LogP contribution >= 0.6 is 0 Å². The van der Waals surface area contributed by atoms with Crippen LogP contribution in [0, 0.1) is 29.4 Å². The summed E-state index contributed by atoms with van der Waals surface area (Å²) in [5.41, 5.74) is -0.479. The molecule has 0 bridgehead atoms. The maximum absolute atomic E-state index is 16.9. The monoisotopic (exact) mass is 633 g/mol. The van der Waals surface area contributed by atoms with Crippen LogP contribution in [0.3, 0.4) is 0 Å². The molecule has 1 unspecified atom stereocenters. The predicted molar refractivity (Wildman–Crippen MR) is 167 cm³/mol. The molecule has 2 aromatic carbocycles. The first-order valence-electron chi connectivity index (χ1n) is 15.5. The second-order valence-electron chi connectivity index (χ2n) is 12.4. The van der Waals surface area contributed by atoms with Gasteiger partial charge in [0.25, 0.3) is 0 Å². The van der Waals surface area contributed by atoms with Crippen LogP contribution in [-0.2, 0) is 4.74 Å². The van der Waals surface area contributed by atoms with Crippen LogP contribution in [0.15, 0.2) is 24.3 Å². The highest BCUT2D eigenvalue weighted by atomic mass is 19.1. The number of hydrogen-bond acceptors (Lipinski definition) is 9. The number of nitrogens with zero attached hydrogens (tertiary/aromatic N) is 5. The lowest BCUT2D eigenvalue weighted by molar-refractivity contribution is 0.152. The molecule has 0 amide bonds. The first kappa shape index (κ1) is 30.3. The molecule has 2 aliphatic heterocycles. The number of aromatic nitrogens is 3. The average molecular weight is 634 g/mol. The van der Waals surface area contributed by atoms with Gasteiger partial charge in [-0.2, -0.15) is 9.97 Å². The molecule has 1 saturated carbocycles. The molecule has 3 aliphatic rings. The van der Waals surface area contributed by atoms with Crippen molar-refractivity contribution in [2.75, 3.05) is 64.6 Å². The van der Waals surface area contributed by atoms with Crippen molar-refractivity contribution < 1.29 is 32.5 Å². The lowest BCUT2D eigenvalue weighted by Gasteiger charge is -2.25. The molecule has 9 nitrogen and oxygen atoms in total. The summed E-state index contributed by atoms with van der Waals surface area (Å²) in [7, 11) is 1.41. The topological polar surface area (TPSA) is 93.1 Å². The summed E-state index contributed by atoms with van der Waals surface area (Å²) in [6, 6.07) is 5.36. The number of likely N-dealkylation sites (tertiary alicyclic amines) is 1. The Morgan fingerprint density at radius 1 is 1.11 bits per heavy atom. The summed E-state index contributed by atoms with van der Waals surface area (Å²) < 4.78 is 63.2. The van der Waals surface area contributed by atoms with Gasteiger partial charge in [-0.05, 0) is 49.3 Å². The van der Waals surface area contributed by atoms with Gasteiger partial charge < -0.3 is 24.2 Å². The van der Waals surface area contributed by atoms with Crippen molar-refractivity contribution in [3.63, 3.8) is 0 Å².